The number of benzene rings is 9. The van der Waals surface area contributed by atoms with E-state index in [9.17, 15) is 18.0 Å². The topological polar surface area (TPSA) is 263 Å². The van der Waals surface area contributed by atoms with Crippen LogP contribution in [0.25, 0.3) is 0 Å². The van der Waals surface area contributed by atoms with E-state index < -0.39 is 21.7 Å². The largest absolute Gasteiger partial charge is 0.497 e. The lowest BCUT2D eigenvalue weighted by Gasteiger charge is -2.25. The number of carbonyl (C=O) groups excluding carboxylic acids is 2. The molecule has 0 saturated carbocycles. The summed E-state index contributed by atoms with van der Waals surface area (Å²) in [6.45, 7) is 0.706. The second-order valence-corrected chi connectivity index (χ2v) is 22.3. The molecule has 1 heterocycles. The minimum absolute atomic E-state index is 0.0105. The summed E-state index contributed by atoms with van der Waals surface area (Å²) in [4.78, 5) is 32.9. The van der Waals surface area contributed by atoms with E-state index >= 15 is 0 Å². The first-order chi connectivity index (χ1) is 46.9. The van der Waals surface area contributed by atoms with Crippen LogP contribution in [0.5, 0.6) is 80.5 Å². The van der Waals surface area contributed by atoms with Gasteiger partial charge in [-0.25, -0.2) is 8.42 Å². The van der Waals surface area contributed by atoms with Crippen molar-refractivity contribution in [1.29, 1.82) is 0 Å². The van der Waals surface area contributed by atoms with Gasteiger partial charge < -0.3 is 87.6 Å². The zero-order valence-electron chi connectivity index (χ0n) is 56.4. The van der Waals surface area contributed by atoms with Gasteiger partial charge in [0.1, 0.15) is 34.5 Å². The van der Waals surface area contributed by atoms with Crippen LogP contribution in [0.3, 0.4) is 0 Å². The van der Waals surface area contributed by atoms with Gasteiger partial charge in [-0.2, -0.15) is 0 Å². The summed E-state index contributed by atoms with van der Waals surface area (Å²) in [6, 6.07) is 48.2. The Kier molecular flexibility index (Phi) is 26.3. The molecule has 0 aromatic heterocycles. The molecule has 0 unspecified atom stereocenters. The number of hydrogen-bond donors (Lipinski definition) is 3. The number of rotatable bonds is 23. The van der Waals surface area contributed by atoms with Gasteiger partial charge in [0, 0.05) is 94.5 Å². The molecule has 0 spiro atoms. The Hall–Kier alpha value is -11.7. The molecule has 0 fully saturated rings. The van der Waals surface area contributed by atoms with Crippen molar-refractivity contribution in [2.24, 2.45) is 4.99 Å². The fraction of sp³-hybridized carbons (Fsp3) is 0.219. The van der Waals surface area contributed by atoms with Crippen molar-refractivity contribution in [3.05, 3.63) is 198 Å². The molecule has 24 heteroatoms. The van der Waals surface area contributed by atoms with Crippen LogP contribution in [-0.2, 0) is 22.9 Å². The fourth-order valence-electron chi connectivity index (χ4n) is 9.74. The highest BCUT2D eigenvalue weighted by molar-refractivity contribution is 7.91. The summed E-state index contributed by atoms with van der Waals surface area (Å²) in [5.74, 6) is 7.98. The van der Waals surface area contributed by atoms with Crippen LogP contribution in [0.2, 0.25) is 0 Å². The summed E-state index contributed by atoms with van der Waals surface area (Å²) in [7, 11) is 18.2. The molecule has 23 nitrogen and oxygen atoms in total. The minimum Gasteiger partial charge on any atom is -0.497 e. The molecule has 0 bridgehead atoms. The summed E-state index contributed by atoms with van der Waals surface area (Å²) < 4.78 is 101. The van der Waals surface area contributed by atoms with Crippen molar-refractivity contribution in [1.82, 2.24) is 0 Å². The number of anilines is 4. The second kappa shape index (κ2) is 35.0. The van der Waals surface area contributed by atoms with Crippen LogP contribution in [0.4, 0.5) is 28.4 Å². The number of carbonyl (C=O) groups is 2. The molecule has 2 amide bonds. The van der Waals surface area contributed by atoms with Crippen LogP contribution in [-0.4, -0.2) is 126 Å². The minimum atomic E-state index is -4.03. The van der Waals surface area contributed by atoms with Crippen LogP contribution >= 0.6 is 0 Å². The van der Waals surface area contributed by atoms with Crippen molar-refractivity contribution in [3.63, 3.8) is 0 Å². The molecule has 9 aromatic rings. The van der Waals surface area contributed by atoms with E-state index in [2.05, 4.69) is 15.6 Å². The highest BCUT2D eigenvalue weighted by atomic mass is 32.2. The van der Waals surface area contributed by atoms with Gasteiger partial charge in [-0.15, -0.1) is 0 Å². The van der Waals surface area contributed by atoms with Crippen molar-refractivity contribution < 1.29 is 84.3 Å². The first kappa shape index (κ1) is 72.8. The highest BCUT2D eigenvalue weighted by Gasteiger charge is 2.32. The predicted octanol–water partition coefficient (Wildman–Crippen LogP) is 13.1. The van der Waals surface area contributed by atoms with E-state index in [0.717, 1.165) is 39.8 Å². The van der Waals surface area contributed by atoms with Crippen molar-refractivity contribution in [3.8, 4) is 80.5 Å². The molecule has 97 heavy (non-hydrogen) atoms. The van der Waals surface area contributed by atoms with Crippen molar-refractivity contribution in [2.45, 2.75) is 22.9 Å². The van der Waals surface area contributed by atoms with Crippen LogP contribution in [0, 0.1) is 0 Å². The number of ether oxygens (including phenoxy) is 14. The molecule has 1 aliphatic heterocycles. The van der Waals surface area contributed by atoms with Crippen LogP contribution < -0.4 is 87.6 Å². The second-order valence-electron chi connectivity index (χ2n) is 20.4. The Morgan fingerprint density at radius 2 is 0.959 bits per heavy atom. The lowest BCUT2D eigenvalue weighted by atomic mass is 10.1. The summed E-state index contributed by atoms with van der Waals surface area (Å²) in [5.41, 5.74) is 11.1. The van der Waals surface area contributed by atoms with E-state index in [1.54, 1.807) is 151 Å². The van der Waals surface area contributed by atoms with E-state index in [0.29, 0.717) is 86.7 Å². The van der Waals surface area contributed by atoms with Gasteiger partial charge in [-0.3, -0.25) is 14.6 Å². The molecule has 0 radical (unpaired) electrons. The Balaban J connectivity index is 0.000000203. The molecule has 0 aliphatic carbocycles. The molecule has 0 atom stereocenters. The number of amides is 2. The molecule has 510 valence electrons. The Bertz CT molecular complexity index is 4320. The SMILES string of the molecule is COc1ccc(C=Nc2ccc(OC)c(OC)c2)c(OC)c1.COc1ccc(CN(C(=O)c2ccc3c(c2)NC(=O)c2ccccc2S3(=O)=O)c2ccc(OC)c(OC)c2)c(OC)c1.COc1ccc(CNc2ccc(OC)c(OC)c2)c(OC)c1.COc1ccc(N)cc1OC. The number of nitrogens with two attached hydrogens (primary N) is 1. The molecule has 9 aromatic carbocycles. The molecule has 4 N–H and O–H groups in total. The number of hydrogen-bond acceptors (Lipinski definition) is 21. The maximum Gasteiger partial charge on any atom is 0.258 e. The third-order valence-electron chi connectivity index (χ3n) is 14.9. The first-order valence-corrected chi connectivity index (χ1v) is 31.1. The number of sulfone groups is 1. The Labute approximate surface area is 564 Å². The van der Waals surface area contributed by atoms with E-state index in [4.69, 9.17) is 72.0 Å². The zero-order valence-corrected chi connectivity index (χ0v) is 57.2. The van der Waals surface area contributed by atoms with Gasteiger partial charge in [-0.05, 0) is 115 Å². The average Bonchev–Trinajstić information content (AvgIpc) is 1.68. The monoisotopic (exact) mass is 1350 g/mol. The molecular formula is C73H79N5O18S. The summed E-state index contributed by atoms with van der Waals surface area (Å²) in [6.07, 6.45) is 1.74. The lowest BCUT2D eigenvalue weighted by Crippen LogP contribution is -2.31. The number of nitrogen functional groups attached to an aromatic ring is 1. The quantitative estimate of drug-likeness (QED) is 0.0397. The molecule has 10 rings (SSSR count). The average molecular weight is 1350 g/mol. The predicted molar refractivity (Wildman–Crippen MR) is 373 cm³/mol. The van der Waals surface area contributed by atoms with Gasteiger partial charge in [0.2, 0.25) is 9.84 Å². The molecular weight excluding hydrogens is 1270 g/mol. The maximum atomic E-state index is 14.2. The normalized spacial score (nSPS) is 11.4. The van der Waals surface area contributed by atoms with E-state index in [1.165, 1.54) is 56.6 Å². The number of methoxy groups -OCH3 is 14. The number of nitrogens with zero attached hydrogens (tertiary/aromatic N) is 2. The van der Waals surface area contributed by atoms with Crippen LogP contribution in [0.1, 0.15) is 37.4 Å². The first-order valence-electron chi connectivity index (χ1n) is 29.6. The van der Waals surface area contributed by atoms with Gasteiger partial charge in [0.05, 0.1) is 133 Å². The van der Waals surface area contributed by atoms with Gasteiger partial charge in [-0.1, -0.05) is 12.1 Å². The lowest BCUT2D eigenvalue weighted by molar-refractivity contribution is 0.0982. The number of nitrogens with one attached hydrogen (secondary N) is 2. The smallest absolute Gasteiger partial charge is 0.258 e. The van der Waals surface area contributed by atoms with Crippen LogP contribution in [0.15, 0.2) is 185 Å². The zero-order chi connectivity index (χ0) is 70.2. The fourth-order valence-corrected chi connectivity index (χ4v) is 11.3. The van der Waals surface area contributed by atoms with E-state index in [1.807, 2.05) is 72.8 Å². The van der Waals surface area contributed by atoms with Crippen molar-refractivity contribution >= 4 is 56.3 Å². The third kappa shape index (κ3) is 18.2. The van der Waals surface area contributed by atoms with E-state index in [-0.39, 0.29) is 33.2 Å². The molecule has 1 aliphatic rings. The standard InChI is InChI=1S/C31H28N2O8S.C17H21NO4.C17H19NO4.C8H11NO2/c1-38-22-12-9-20(26(17-22)40-3)18-33(21-11-13-25(39-2)27(16-21)41-4)31(35)19-10-14-29-24(15-19)32-30(34)23-7-5-6-8-28(23)42(29,36)37;2*1-19-14-7-5-12(16(10-14)21-3)11-18-13-6-8-15(20-2)17(9-13)22-4;1-10-7-4-3-6(9)5-8(7)11-2/h5-17H,18H2,1-4H3,(H,32,34);5-10,18H,11H2,1-4H3;5-11H,1-4H3;3-5H,9H2,1-2H3. The van der Waals surface area contributed by atoms with Gasteiger partial charge in [0.15, 0.2) is 46.0 Å². The maximum absolute atomic E-state index is 14.2. The van der Waals surface area contributed by atoms with Crippen molar-refractivity contribution in [2.75, 3.05) is 121 Å². The molecule has 0 saturated heterocycles. The Morgan fingerprint density at radius 3 is 1.55 bits per heavy atom. The Morgan fingerprint density at radius 1 is 0.464 bits per heavy atom. The number of aliphatic imine (C=N–C) groups is 1. The highest BCUT2D eigenvalue weighted by Crippen LogP contribution is 2.39. The van der Waals surface area contributed by atoms with Gasteiger partial charge in [0.25, 0.3) is 11.8 Å². The number of fused-ring (bicyclic) bond motifs is 2. The summed E-state index contributed by atoms with van der Waals surface area (Å²) >= 11 is 0. The third-order valence-corrected chi connectivity index (χ3v) is 16.7. The summed E-state index contributed by atoms with van der Waals surface area (Å²) in [5, 5.41) is 6.01. The van der Waals surface area contributed by atoms with Gasteiger partial charge >= 0.3 is 0 Å².